The molecule has 0 saturated carbocycles. The molecule has 6 heteroatoms. The Morgan fingerprint density at radius 2 is 1.92 bits per heavy atom. The highest BCUT2D eigenvalue weighted by Crippen LogP contribution is 2.33. The van der Waals surface area contributed by atoms with Crippen molar-refractivity contribution < 1.29 is 14.0 Å². The van der Waals surface area contributed by atoms with E-state index in [1.54, 1.807) is 23.5 Å². The Kier molecular flexibility index (Phi) is 5.71. The number of benzene rings is 1. The molecule has 1 aromatic carbocycles. The number of anilines is 1. The molecule has 26 heavy (non-hydrogen) atoms. The van der Waals surface area contributed by atoms with E-state index in [0.717, 1.165) is 23.3 Å². The number of thiophene rings is 1. The molecule has 1 atom stereocenters. The van der Waals surface area contributed by atoms with E-state index >= 15 is 0 Å². The lowest BCUT2D eigenvalue weighted by molar-refractivity contribution is -0.120. The number of hydrogen-bond acceptors (Lipinski definition) is 3. The van der Waals surface area contributed by atoms with Gasteiger partial charge in [-0.25, -0.2) is 4.39 Å². The number of nitrogens with zero attached hydrogens (tertiary/aromatic N) is 1. The van der Waals surface area contributed by atoms with E-state index in [0.29, 0.717) is 25.2 Å². The highest BCUT2D eigenvalue weighted by Gasteiger charge is 2.28. The van der Waals surface area contributed by atoms with E-state index in [2.05, 4.69) is 5.32 Å². The first kappa shape index (κ1) is 18.6. The molecular weight excluding hydrogens is 351 g/mol. The Labute approximate surface area is 157 Å². The molecule has 1 heterocycles. The molecule has 3 rings (SSSR count). The second kappa shape index (κ2) is 7.99. The van der Waals surface area contributed by atoms with Gasteiger partial charge in [0.15, 0.2) is 0 Å². The van der Waals surface area contributed by atoms with Crippen LogP contribution in [0.25, 0.3) is 0 Å². The van der Waals surface area contributed by atoms with Gasteiger partial charge in [0.05, 0.1) is 4.88 Å². The molecular formula is C20H23FN2O2S. The number of amides is 2. The lowest BCUT2D eigenvalue weighted by Gasteiger charge is -2.21. The molecule has 0 fully saturated rings. The normalized spacial score (nSPS) is 16.0. The highest BCUT2D eigenvalue weighted by molar-refractivity contribution is 7.14. The summed E-state index contributed by atoms with van der Waals surface area (Å²) in [6.07, 6.45) is 2.22. The van der Waals surface area contributed by atoms with Gasteiger partial charge in [-0.05, 0) is 69.0 Å². The summed E-state index contributed by atoms with van der Waals surface area (Å²) in [5.41, 5.74) is 1.71. The topological polar surface area (TPSA) is 49.4 Å². The van der Waals surface area contributed by atoms with E-state index in [-0.39, 0.29) is 23.5 Å². The molecule has 0 spiro atoms. The van der Waals surface area contributed by atoms with Gasteiger partial charge >= 0.3 is 0 Å². The number of aryl methyl sites for hydroxylation is 1. The maximum absolute atomic E-state index is 13.0. The van der Waals surface area contributed by atoms with Crippen molar-refractivity contribution in [3.05, 3.63) is 51.5 Å². The molecule has 0 saturated heterocycles. The van der Waals surface area contributed by atoms with E-state index in [9.17, 15) is 14.0 Å². The van der Waals surface area contributed by atoms with Crippen LogP contribution in [0, 0.1) is 11.7 Å². The Bertz CT molecular complexity index is 797. The second-order valence-corrected chi connectivity index (χ2v) is 7.61. The third kappa shape index (κ3) is 3.96. The van der Waals surface area contributed by atoms with Crippen LogP contribution in [0.2, 0.25) is 0 Å². The molecule has 4 nitrogen and oxygen atoms in total. The minimum Gasteiger partial charge on any atom is -0.339 e. The standard InChI is InChI=1S/C20H23FN2O2S/c1-3-23(4-2)20(25)18-12-14-11-13(5-10-17(14)26-18)19(24)22-16-8-6-15(21)7-9-16/h6-9,12-13H,3-5,10-11H2,1-2H3,(H,22,24). The SMILES string of the molecule is CCN(CC)C(=O)c1cc2c(s1)CCC(C(=O)Nc1ccc(F)cc1)C2. The van der Waals surface area contributed by atoms with Crippen molar-refractivity contribution in [3.8, 4) is 0 Å². The average molecular weight is 374 g/mol. The number of nitrogens with one attached hydrogen (secondary N) is 1. The fraction of sp³-hybridized carbons (Fsp3) is 0.400. The zero-order valence-electron chi connectivity index (χ0n) is 15.0. The minimum atomic E-state index is -0.325. The van der Waals surface area contributed by atoms with Crippen molar-refractivity contribution in [3.63, 3.8) is 0 Å². The lowest BCUT2D eigenvalue weighted by atomic mass is 9.87. The molecule has 1 unspecified atom stereocenters. The second-order valence-electron chi connectivity index (χ2n) is 6.47. The van der Waals surface area contributed by atoms with Crippen LogP contribution in [0.3, 0.4) is 0 Å². The summed E-state index contributed by atoms with van der Waals surface area (Å²) in [6.45, 7) is 5.34. The van der Waals surface area contributed by atoms with Gasteiger partial charge in [-0.2, -0.15) is 0 Å². The van der Waals surface area contributed by atoms with Crippen LogP contribution in [-0.2, 0) is 17.6 Å². The minimum absolute atomic E-state index is 0.0509. The van der Waals surface area contributed by atoms with Gasteiger partial charge in [0.1, 0.15) is 5.82 Å². The van der Waals surface area contributed by atoms with Gasteiger partial charge in [0.2, 0.25) is 5.91 Å². The summed E-state index contributed by atoms with van der Waals surface area (Å²) >= 11 is 1.56. The van der Waals surface area contributed by atoms with Gasteiger partial charge in [-0.15, -0.1) is 11.3 Å². The van der Waals surface area contributed by atoms with Crippen LogP contribution in [0.1, 0.15) is 40.4 Å². The molecule has 0 aliphatic heterocycles. The molecule has 0 bridgehead atoms. The third-order valence-corrected chi connectivity index (χ3v) is 6.05. The Balaban J connectivity index is 1.68. The largest absolute Gasteiger partial charge is 0.339 e. The molecule has 0 radical (unpaired) electrons. The zero-order valence-corrected chi connectivity index (χ0v) is 15.9. The summed E-state index contributed by atoms with van der Waals surface area (Å²) < 4.78 is 13.0. The molecule has 1 aliphatic carbocycles. The first-order chi connectivity index (χ1) is 12.5. The number of carbonyl (C=O) groups is 2. The fourth-order valence-electron chi connectivity index (χ4n) is 3.30. The highest BCUT2D eigenvalue weighted by atomic mass is 32.1. The van der Waals surface area contributed by atoms with Gasteiger partial charge < -0.3 is 10.2 Å². The lowest BCUT2D eigenvalue weighted by Crippen LogP contribution is -2.29. The summed E-state index contributed by atoms with van der Waals surface area (Å²) in [5.74, 6) is -0.431. The number of carbonyl (C=O) groups excluding carboxylic acids is 2. The summed E-state index contributed by atoms with van der Waals surface area (Å²) in [6, 6.07) is 7.75. The summed E-state index contributed by atoms with van der Waals surface area (Å²) in [7, 11) is 0. The van der Waals surface area contributed by atoms with Crippen LogP contribution in [-0.4, -0.2) is 29.8 Å². The Morgan fingerprint density at radius 3 is 2.58 bits per heavy atom. The fourth-order valence-corrected chi connectivity index (χ4v) is 4.47. The number of fused-ring (bicyclic) bond motifs is 1. The monoisotopic (exact) mass is 374 g/mol. The smallest absolute Gasteiger partial charge is 0.263 e. The van der Waals surface area contributed by atoms with Crippen LogP contribution in [0.5, 0.6) is 0 Å². The maximum atomic E-state index is 13.0. The van der Waals surface area contributed by atoms with Crippen LogP contribution in [0.15, 0.2) is 30.3 Å². The van der Waals surface area contributed by atoms with E-state index < -0.39 is 0 Å². The van der Waals surface area contributed by atoms with E-state index in [1.165, 1.54) is 17.0 Å². The van der Waals surface area contributed by atoms with Gasteiger partial charge in [0.25, 0.3) is 5.91 Å². The molecule has 138 valence electrons. The van der Waals surface area contributed by atoms with Crippen molar-refractivity contribution in [1.82, 2.24) is 4.90 Å². The van der Waals surface area contributed by atoms with Crippen molar-refractivity contribution in [2.24, 2.45) is 5.92 Å². The summed E-state index contributed by atoms with van der Waals surface area (Å²) in [4.78, 5) is 28.9. The zero-order chi connectivity index (χ0) is 18.7. The van der Waals surface area contributed by atoms with Crippen molar-refractivity contribution in [1.29, 1.82) is 0 Å². The first-order valence-electron chi connectivity index (χ1n) is 8.99. The predicted octanol–water partition coefficient (Wildman–Crippen LogP) is 4.11. The first-order valence-corrected chi connectivity index (χ1v) is 9.80. The third-order valence-electron chi connectivity index (χ3n) is 4.83. The quantitative estimate of drug-likeness (QED) is 0.856. The molecule has 1 aliphatic rings. The molecule has 2 aromatic rings. The number of halogens is 1. The van der Waals surface area contributed by atoms with Gasteiger partial charge in [0, 0.05) is 29.6 Å². The van der Waals surface area contributed by atoms with Crippen LogP contribution < -0.4 is 5.32 Å². The van der Waals surface area contributed by atoms with Crippen molar-refractivity contribution in [2.45, 2.75) is 33.1 Å². The summed E-state index contributed by atoms with van der Waals surface area (Å²) in [5, 5.41) is 2.86. The van der Waals surface area contributed by atoms with Crippen molar-refractivity contribution >= 4 is 28.8 Å². The molecule has 1 N–H and O–H groups in total. The van der Waals surface area contributed by atoms with Crippen molar-refractivity contribution in [2.75, 3.05) is 18.4 Å². The molecule has 2 amide bonds. The number of hydrogen-bond donors (Lipinski definition) is 1. The van der Waals surface area contributed by atoms with Gasteiger partial charge in [-0.3, -0.25) is 9.59 Å². The average Bonchev–Trinajstić information content (AvgIpc) is 3.07. The van der Waals surface area contributed by atoms with E-state index in [4.69, 9.17) is 0 Å². The Morgan fingerprint density at radius 1 is 1.23 bits per heavy atom. The predicted molar refractivity (Wildman–Crippen MR) is 102 cm³/mol. The molecule has 1 aromatic heterocycles. The van der Waals surface area contributed by atoms with Gasteiger partial charge in [-0.1, -0.05) is 0 Å². The Hall–Kier alpha value is -2.21. The maximum Gasteiger partial charge on any atom is 0.263 e. The van der Waals surface area contributed by atoms with Crippen LogP contribution >= 0.6 is 11.3 Å². The van der Waals surface area contributed by atoms with Crippen LogP contribution in [0.4, 0.5) is 10.1 Å². The number of rotatable bonds is 5. The van der Waals surface area contributed by atoms with E-state index in [1.807, 2.05) is 24.8 Å².